The number of amides is 2. The Bertz CT molecular complexity index is 1400. The van der Waals surface area contributed by atoms with Crippen LogP contribution in [0.1, 0.15) is 63.5 Å². The Kier molecular flexibility index (Phi) is 8.82. The third-order valence-corrected chi connectivity index (χ3v) is 7.84. The van der Waals surface area contributed by atoms with Gasteiger partial charge in [-0.2, -0.15) is 19.6 Å². The number of nitrogens with zero attached hydrogens (tertiary/aromatic N) is 5. The summed E-state index contributed by atoms with van der Waals surface area (Å²) in [7, 11) is 0. The first-order valence-electron chi connectivity index (χ1n) is 14.5. The van der Waals surface area contributed by atoms with Gasteiger partial charge in [-0.3, -0.25) is 9.59 Å². The molecule has 41 heavy (non-hydrogen) atoms. The summed E-state index contributed by atoms with van der Waals surface area (Å²) in [5.74, 6) is 1.38. The summed E-state index contributed by atoms with van der Waals surface area (Å²) in [5.41, 5.74) is 3.46. The highest BCUT2D eigenvalue weighted by Crippen LogP contribution is 2.26. The van der Waals surface area contributed by atoms with Crippen molar-refractivity contribution >= 4 is 35.0 Å². The van der Waals surface area contributed by atoms with Gasteiger partial charge in [-0.05, 0) is 61.3 Å². The zero-order chi connectivity index (χ0) is 28.9. The monoisotopic (exact) mass is 560 g/mol. The van der Waals surface area contributed by atoms with E-state index in [9.17, 15) is 9.59 Å². The highest BCUT2D eigenvalue weighted by molar-refractivity contribution is 5.99. The fourth-order valence-corrected chi connectivity index (χ4v) is 5.44. The Labute approximate surface area is 240 Å². The van der Waals surface area contributed by atoms with Crippen LogP contribution in [0, 0.1) is 5.92 Å². The predicted molar refractivity (Wildman–Crippen MR) is 159 cm³/mol. The van der Waals surface area contributed by atoms with Crippen LogP contribution in [-0.4, -0.2) is 68.1 Å². The fourth-order valence-electron chi connectivity index (χ4n) is 5.44. The summed E-state index contributed by atoms with van der Waals surface area (Å²) in [6.45, 7) is 12.4. The number of anilines is 3. The number of hydrogen-bond acceptors (Lipinski definition) is 8. The Morgan fingerprint density at radius 2 is 2.00 bits per heavy atom. The van der Waals surface area contributed by atoms with Gasteiger partial charge in [0, 0.05) is 43.6 Å². The van der Waals surface area contributed by atoms with Crippen LogP contribution in [-0.2, 0) is 20.9 Å². The van der Waals surface area contributed by atoms with Crippen LogP contribution in [0.25, 0.3) is 5.65 Å². The van der Waals surface area contributed by atoms with Gasteiger partial charge in [0.15, 0.2) is 5.65 Å². The van der Waals surface area contributed by atoms with E-state index in [4.69, 9.17) is 14.7 Å². The Hall–Kier alpha value is -3.99. The zero-order valence-electron chi connectivity index (χ0n) is 24.1. The molecule has 0 spiro atoms. The molecule has 2 fully saturated rings. The van der Waals surface area contributed by atoms with Gasteiger partial charge in [0.1, 0.15) is 6.04 Å². The van der Waals surface area contributed by atoms with E-state index in [0.29, 0.717) is 43.0 Å². The number of carbonyl (C=O) groups excluding carboxylic acids is 2. The first-order chi connectivity index (χ1) is 19.8. The second-order valence-electron chi connectivity index (χ2n) is 11.3. The highest BCUT2D eigenvalue weighted by atomic mass is 16.5. The lowest BCUT2D eigenvalue weighted by Crippen LogP contribution is -2.51. The maximum absolute atomic E-state index is 13.2. The largest absolute Gasteiger partial charge is 0.381 e. The molecule has 0 aliphatic carbocycles. The number of hydrogen-bond donors (Lipinski definition) is 3. The van der Waals surface area contributed by atoms with Gasteiger partial charge in [0.2, 0.25) is 23.7 Å². The molecule has 0 radical (unpaired) electrons. The Balaban J connectivity index is 1.32. The second-order valence-corrected chi connectivity index (χ2v) is 11.3. The van der Waals surface area contributed by atoms with Crippen molar-refractivity contribution < 1.29 is 14.3 Å². The molecule has 2 amide bonds. The molecule has 3 aromatic rings. The number of benzene rings is 1. The van der Waals surface area contributed by atoms with E-state index in [1.54, 1.807) is 9.42 Å². The quantitative estimate of drug-likeness (QED) is 0.333. The van der Waals surface area contributed by atoms with E-state index in [-0.39, 0.29) is 23.8 Å². The van der Waals surface area contributed by atoms with E-state index >= 15 is 0 Å². The zero-order valence-corrected chi connectivity index (χ0v) is 24.1. The lowest BCUT2D eigenvalue weighted by Gasteiger charge is -2.37. The number of nitrogens with one attached hydrogen (secondary N) is 3. The molecule has 0 bridgehead atoms. The van der Waals surface area contributed by atoms with Gasteiger partial charge in [0.05, 0.1) is 6.20 Å². The predicted octanol–water partition coefficient (Wildman–Crippen LogP) is 4.20. The number of piperidine rings is 1. The lowest BCUT2D eigenvalue weighted by molar-refractivity contribution is -0.137. The minimum Gasteiger partial charge on any atom is -0.381 e. The molecular weight excluding hydrogens is 520 g/mol. The van der Waals surface area contributed by atoms with Crippen molar-refractivity contribution in [3.63, 3.8) is 0 Å². The van der Waals surface area contributed by atoms with Gasteiger partial charge in [-0.25, -0.2) is 0 Å². The summed E-state index contributed by atoms with van der Waals surface area (Å²) in [6, 6.07) is 7.42. The topological polar surface area (TPSA) is 126 Å². The molecule has 11 nitrogen and oxygen atoms in total. The molecule has 2 aromatic heterocycles. The van der Waals surface area contributed by atoms with Crippen LogP contribution in [0.15, 0.2) is 43.1 Å². The highest BCUT2D eigenvalue weighted by Gasteiger charge is 2.34. The van der Waals surface area contributed by atoms with Crippen molar-refractivity contribution in [2.45, 2.75) is 71.0 Å². The normalized spacial score (nSPS) is 19.8. The van der Waals surface area contributed by atoms with E-state index in [1.165, 1.54) is 6.08 Å². The van der Waals surface area contributed by atoms with Crippen LogP contribution < -0.4 is 16.0 Å². The molecule has 2 aliphatic heterocycles. The molecule has 2 aliphatic rings. The first-order valence-corrected chi connectivity index (χ1v) is 14.5. The summed E-state index contributed by atoms with van der Waals surface area (Å²) in [5, 5.41) is 14.5. The third-order valence-electron chi connectivity index (χ3n) is 7.84. The molecular formula is C30H40N8O3. The average Bonchev–Trinajstić information content (AvgIpc) is 3.41. The minimum atomic E-state index is -0.517. The molecule has 3 N–H and O–H groups in total. The summed E-state index contributed by atoms with van der Waals surface area (Å²) in [4.78, 5) is 36.8. The minimum absolute atomic E-state index is 0.184. The van der Waals surface area contributed by atoms with Crippen molar-refractivity contribution in [3.05, 3.63) is 54.2 Å². The first kappa shape index (κ1) is 28.5. The number of rotatable bonds is 9. The van der Waals surface area contributed by atoms with Crippen LogP contribution in [0.3, 0.4) is 0 Å². The summed E-state index contributed by atoms with van der Waals surface area (Å²) in [6.07, 6.45) is 6.45. The van der Waals surface area contributed by atoms with Crippen LogP contribution in [0.2, 0.25) is 0 Å². The molecule has 0 saturated carbocycles. The molecule has 218 valence electrons. The van der Waals surface area contributed by atoms with E-state index in [2.05, 4.69) is 48.4 Å². The Morgan fingerprint density at radius 3 is 2.76 bits per heavy atom. The standard InChI is InChI=1S/C30H40N8O3/c1-5-26(39)37-12-9-20(4)15-25(37)28(40)33-23-8-6-7-21(16-23)17-31-30-36-29(34-22-10-13-41-14-11-22)35-27-24(19(2)3)18-32-38(27)30/h5-8,16,18-20,22,25H,1,9-15,17H2,2-4H3,(H,33,40)(H2,31,34,35,36). The van der Waals surface area contributed by atoms with E-state index in [1.807, 2.05) is 30.5 Å². The second kappa shape index (κ2) is 12.7. The van der Waals surface area contributed by atoms with Crippen LogP contribution >= 0.6 is 0 Å². The summed E-state index contributed by atoms with van der Waals surface area (Å²) >= 11 is 0. The van der Waals surface area contributed by atoms with Crippen molar-refractivity contribution in [1.82, 2.24) is 24.5 Å². The van der Waals surface area contributed by atoms with Crippen molar-refractivity contribution in [3.8, 4) is 0 Å². The maximum Gasteiger partial charge on any atom is 0.247 e. The number of aromatic nitrogens is 4. The smallest absolute Gasteiger partial charge is 0.247 e. The average molecular weight is 561 g/mol. The maximum atomic E-state index is 13.2. The van der Waals surface area contributed by atoms with Crippen LogP contribution in [0.5, 0.6) is 0 Å². The van der Waals surface area contributed by atoms with Gasteiger partial charge in [0.25, 0.3) is 0 Å². The number of ether oxygens (including phenoxy) is 1. The molecule has 1 aromatic carbocycles. The van der Waals surface area contributed by atoms with Crippen LogP contribution in [0.4, 0.5) is 17.6 Å². The Morgan fingerprint density at radius 1 is 1.20 bits per heavy atom. The summed E-state index contributed by atoms with van der Waals surface area (Å²) < 4.78 is 7.24. The number of fused-ring (bicyclic) bond motifs is 1. The number of likely N-dealkylation sites (tertiary alicyclic amines) is 1. The SMILES string of the molecule is C=CC(=O)N1CCC(C)CC1C(=O)Nc1cccc(CNc2nc(NC3CCOCC3)nc3c(C(C)C)cnn23)c1. The van der Waals surface area contributed by atoms with E-state index < -0.39 is 6.04 Å². The fraction of sp³-hybridized carbons (Fsp3) is 0.500. The van der Waals surface area contributed by atoms with Crippen molar-refractivity contribution in [1.29, 1.82) is 0 Å². The molecule has 2 atom stereocenters. The molecule has 11 heteroatoms. The lowest BCUT2D eigenvalue weighted by atomic mass is 9.91. The van der Waals surface area contributed by atoms with Gasteiger partial charge in [-0.15, -0.1) is 0 Å². The van der Waals surface area contributed by atoms with E-state index in [0.717, 1.165) is 49.3 Å². The van der Waals surface area contributed by atoms with Crippen molar-refractivity contribution in [2.75, 3.05) is 35.7 Å². The number of carbonyl (C=O) groups is 2. The molecule has 4 heterocycles. The third kappa shape index (κ3) is 6.67. The molecule has 5 rings (SSSR count). The molecule has 2 saturated heterocycles. The molecule has 2 unspecified atom stereocenters. The van der Waals surface area contributed by atoms with Crippen molar-refractivity contribution in [2.24, 2.45) is 5.92 Å². The van der Waals surface area contributed by atoms with Gasteiger partial charge < -0.3 is 25.6 Å². The van der Waals surface area contributed by atoms with Gasteiger partial charge in [-0.1, -0.05) is 39.5 Å². The van der Waals surface area contributed by atoms with Gasteiger partial charge >= 0.3 is 0 Å².